The average molecular weight is 498 g/mol. The number of benzene rings is 1. The zero-order valence-electron chi connectivity index (χ0n) is 19.7. The highest BCUT2D eigenvalue weighted by Gasteiger charge is 2.41. The molecule has 4 rings (SSSR count). The highest BCUT2D eigenvalue weighted by molar-refractivity contribution is 6.30. The number of fused-ring (bicyclic) bond motifs is 1. The summed E-state index contributed by atoms with van der Waals surface area (Å²) in [6, 6.07) is 8.39. The molecule has 2 aromatic heterocycles. The summed E-state index contributed by atoms with van der Waals surface area (Å²) in [7, 11) is 0. The van der Waals surface area contributed by atoms with Crippen LogP contribution >= 0.6 is 11.6 Å². The second-order valence-electron chi connectivity index (χ2n) is 8.62. The molecule has 184 valence electrons. The van der Waals surface area contributed by atoms with Gasteiger partial charge in [0.2, 0.25) is 5.91 Å². The van der Waals surface area contributed by atoms with Crippen LogP contribution in [0.1, 0.15) is 44.9 Å². The SMILES string of the molecule is Cc1cc2ncc(C(=O)NC3(C(=O)NCCNC(=O)c4ccc(Cl)cc4)CCNCC3)c(C)n2n1. The van der Waals surface area contributed by atoms with Gasteiger partial charge in [-0.3, -0.25) is 14.4 Å². The molecule has 0 bridgehead atoms. The fourth-order valence-electron chi connectivity index (χ4n) is 4.16. The summed E-state index contributed by atoms with van der Waals surface area (Å²) in [6.45, 7) is 5.32. The Labute approximate surface area is 207 Å². The van der Waals surface area contributed by atoms with Gasteiger partial charge in [-0.15, -0.1) is 0 Å². The lowest BCUT2D eigenvalue weighted by atomic mass is 9.86. The van der Waals surface area contributed by atoms with E-state index >= 15 is 0 Å². The van der Waals surface area contributed by atoms with Crippen LogP contribution in [-0.2, 0) is 4.79 Å². The lowest BCUT2D eigenvalue weighted by Crippen LogP contribution is -2.63. The number of hydrogen-bond acceptors (Lipinski definition) is 6. The zero-order valence-corrected chi connectivity index (χ0v) is 20.4. The van der Waals surface area contributed by atoms with Crippen molar-refractivity contribution in [3.05, 3.63) is 64.1 Å². The van der Waals surface area contributed by atoms with Crippen LogP contribution in [0.4, 0.5) is 0 Å². The van der Waals surface area contributed by atoms with E-state index < -0.39 is 5.54 Å². The van der Waals surface area contributed by atoms with Crippen molar-refractivity contribution < 1.29 is 14.4 Å². The number of rotatable bonds is 7. The first-order valence-corrected chi connectivity index (χ1v) is 11.8. The third kappa shape index (κ3) is 5.44. The smallest absolute Gasteiger partial charge is 0.255 e. The van der Waals surface area contributed by atoms with Crippen LogP contribution in [0.3, 0.4) is 0 Å². The largest absolute Gasteiger partial charge is 0.352 e. The summed E-state index contributed by atoms with van der Waals surface area (Å²) in [6.07, 6.45) is 2.40. The van der Waals surface area contributed by atoms with Gasteiger partial charge in [0, 0.05) is 35.9 Å². The molecule has 0 saturated carbocycles. The fraction of sp³-hybridized carbons (Fsp3) is 0.375. The van der Waals surface area contributed by atoms with Gasteiger partial charge in [-0.05, 0) is 64.0 Å². The predicted molar refractivity (Wildman–Crippen MR) is 132 cm³/mol. The Morgan fingerprint density at radius 2 is 1.74 bits per heavy atom. The van der Waals surface area contributed by atoms with Crippen LogP contribution in [0.2, 0.25) is 5.02 Å². The molecular formula is C24H28ClN7O3. The number of aromatic nitrogens is 3. The van der Waals surface area contributed by atoms with E-state index in [2.05, 4.69) is 31.3 Å². The van der Waals surface area contributed by atoms with E-state index in [0.717, 1.165) is 5.69 Å². The topological polar surface area (TPSA) is 130 Å². The standard InChI is InChI=1S/C24H28ClN7O3/c1-15-13-20-29-14-19(16(2)32(20)31-15)22(34)30-24(7-9-26-10-8-24)23(35)28-12-11-27-21(33)17-3-5-18(25)6-4-17/h3-6,13-14,26H,7-12H2,1-2H3,(H,27,33)(H,28,35)(H,30,34). The zero-order chi connectivity index (χ0) is 25.0. The molecule has 35 heavy (non-hydrogen) atoms. The van der Waals surface area contributed by atoms with Gasteiger partial charge in [-0.2, -0.15) is 5.10 Å². The van der Waals surface area contributed by atoms with E-state index in [1.807, 2.05) is 13.0 Å². The monoisotopic (exact) mass is 497 g/mol. The fourth-order valence-corrected chi connectivity index (χ4v) is 4.28. The third-order valence-corrected chi connectivity index (χ3v) is 6.39. The van der Waals surface area contributed by atoms with Crippen molar-refractivity contribution in [3.63, 3.8) is 0 Å². The van der Waals surface area contributed by atoms with E-state index in [1.165, 1.54) is 6.20 Å². The minimum Gasteiger partial charge on any atom is -0.352 e. The Kier molecular flexibility index (Phi) is 7.32. The predicted octanol–water partition coefficient (Wildman–Crippen LogP) is 1.40. The van der Waals surface area contributed by atoms with Crippen molar-refractivity contribution in [2.75, 3.05) is 26.2 Å². The molecule has 0 atom stereocenters. The molecule has 0 radical (unpaired) electrons. The highest BCUT2D eigenvalue weighted by Crippen LogP contribution is 2.21. The summed E-state index contributed by atoms with van der Waals surface area (Å²) in [4.78, 5) is 43.0. The van der Waals surface area contributed by atoms with Crippen LogP contribution in [-0.4, -0.2) is 64.0 Å². The summed E-state index contributed by atoms with van der Waals surface area (Å²) >= 11 is 5.85. The number of nitrogens with one attached hydrogen (secondary N) is 4. The van der Waals surface area contributed by atoms with Crippen LogP contribution in [0, 0.1) is 13.8 Å². The van der Waals surface area contributed by atoms with Gasteiger partial charge in [0.15, 0.2) is 5.65 Å². The van der Waals surface area contributed by atoms with Crippen molar-refractivity contribution in [2.24, 2.45) is 0 Å². The number of halogens is 1. The van der Waals surface area contributed by atoms with Crippen LogP contribution in [0.5, 0.6) is 0 Å². The van der Waals surface area contributed by atoms with E-state index in [0.29, 0.717) is 53.4 Å². The number of amides is 3. The maximum atomic E-state index is 13.2. The maximum Gasteiger partial charge on any atom is 0.255 e. The van der Waals surface area contributed by atoms with Gasteiger partial charge in [-0.25, -0.2) is 9.50 Å². The van der Waals surface area contributed by atoms with E-state index in [-0.39, 0.29) is 30.8 Å². The quantitative estimate of drug-likeness (QED) is 0.365. The molecule has 11 heteroatoms. The Balaban J connectivity index is 1.40. The van der Waals surface area contributed by atoms with Gasteiger partial charge in [0.25, 0.3) is 11.8 Å². The molecule has 1 saturated heterocycles. The van der Waals surface area contributed by atoms with Crippen LogP contribution in [0.15, 0.2) is 36.5 Å². The van der Waals surface area contributed by atoms with Crippen molar-refractivity contribution in [1.29, 1.82) is 0 Å². The minimum absolute atomic E-state index is 0.225. The number of carbonyl (C=O) groups excluding carboxylic acids is 3. The number of aryl methyl sites for hydroxylation is 2. The molecule has 1 aliphatic rings. The molecule has 3 amide bonds. The molecule has 0 unspecified atom stereocenters. The lowest BCUT2D eigenvalue weighted by molar-refractivity contribution is -0.128. The van der Waals surface area contributed by atoms with Crippen LogP contribution in [0.25, 0.3) is 5.65 Å². The Morgan fingerprint density at radius 1 is 1.06 bits per heavy atom. The van der Waals surface area contributed by atoms with Crippen LogP contribution < -0.4 is 21.3 Å². The summed E-state index contributed by atoms with van der Waals surface area (Å²) in [5.41, 5.74) is 1.89. The van der Waals surface area contributed by atoms with E-state index in [1.54, 1.807) is 35.7 Å². The molecule has 10 nitrogen and oxygen atoms in total. The second-order valence-corrected chi connectivity index (χ2v) is 9.05. The Morgan fingerprint density at radius 3 is 2.46 bits per heavy atom. The summed E-state index contributed by atoms with van der Waals surface area (Å²) in [5, 5.41) is 16.8. The average Bonchev–Trinajstić information content (AvgIpc) is 3.24. The number of piperidine rings is 1. The molecule has 3 heterocycles. The van der Waals surface area contributed by atoms with E-state index in [4.69, 9.17) is 11.6 Å². The number of carbonyl (C=O) groups is 3. The number of nitrogens with zero attached hydrogens (tertiary/aromatic N) is 3. The lowest BCUT2D eigenvalue weighted by Gasteiger charge is -2.37. The van der Waals surface area contributed by atoms with Gasteiger partial charge >= 0.3 is 0 Å². The van der Waals surface area contributed by atoms with Crippen molar-refractivity contribution in [1.82, 2.24) is 35.9 Å². The maximum absolute atomic E-state index is 13.2. The summed E-state index contributed by atoms with van der Waals surface area (Å²) in [5.74, 6) is -0.916. The minimum atomic E-state index is -1.07. The normalized spacial score (nSPS) is 14.9. The second kappa shape index (κ2) is 10.4. The molecule has 0 aliphatic carbocycles. The molecule has 1 aromatic carbocycles. The highest BCUT2D eigenvalue weighted by atomic mass is 35.5. The molecule has 1 aliphatic heterocycles. The van der Waals surface area contributed by atoms with Crippen molar-refractivity contribution in [2.45, 2.75) is 32.2 Å². The van der Waals surface area contributed by atoms with Crippen molar-refractivity contribution >= 4 is 35.0 Å². The Bertz CT molecular complexity index is 1250. The third-order valence-electron chi connectivity index (χ3n) is 6.14. The molecular weight excluding hydrogens is 470 g/mol. The number of hydrogen-bond donors (Lipinski definition) is 4. The van der Waals surface area contributed by atoms with Gasteiger partial charge < -0.3 is 21.3 Å². The first-order valence-electron chi connectivity index (χ1n) is 11.5. The molecule has 4 N–H and O–H groups in total. The van der Waals surface area contributed by atoms with Gasteiger partial charge in [-0.1, -0.05) is 11.6 Å². The first-order chi connectivity index (χ1) is 16.8. The molecule has 3 aromatic rings. The molecule has 0 spiro atoms. The first kappa shape index (κ1) is 24.6. The Hall–Kier alpha value is -3.50. The van der Waals surface area contributed by atoms with Crippen molar-refractivity contribution in [3.8, 4) is 0 Å². The van der Waals surface area contributed by atoms with Gasteiger partial charge in [0.1, 0.15) is 5.54 Å². The van der Waals surface area contributed by atoms with Gasteiger partial charge in [0.05, 0.1) is 17.0 Å². The summed E-state index contributed by atoms with van der Waals surface area (Å²) < 4.78 is 1.63. The van der Waals surface area contributed by atoms with E-state index in [9.17, 15) is 14.4 Å². The molecule has 1 fully saturated rings.